The highest BCUT2D eigenvalue weighted by molar-refractivity contribution is 8.14. The Labute approximate surface area is 533 Å². The van der Waals surface area contributed by atoms with Gasteiger partial charge in [0.15, 0.2) is 10.2 Å². The summed E-state index contributed by atoms with van der Waals surface area (Å²) >= 11 is 13.3. The van der Waals surface area contributed by atoms with Gasteiger partial charge in [-0.3, -0.25) is 28.8 Å². The van der Waals surface area contributed by atoms with E-state index < -0.39 is 0 Å². The molecular weight excluding hydrogens is 1170 g/mol. The van der Waals surface area contributed by atoms with Crippen molar-refractivity contribution in [1.29, 1.82) is 0 Å². The van der Waals surface area contributed by atoms with Crippen molar-refractivity contribution in [3.8, 4) is 47.4 Å². The zero-order valence-corrected chi connectivity index (χ0v) is 54.3. The van der Waals surface area contributed by atoms with E-state index in [4.69, 9.17) is 23.2 Å². The first-order valence-corrected chi connectivity index (χ1v) is 30.5. The van der Waals surface area contributed by atoms with Gasteiger partial charge in [0.05, 0.1) is 34.3 Å². The van der Waals surface area contributed by atoms with Crippen LogP contribution in [0.15, 0.2) is 109 Å². The Morgan fingerprint density at radius 3 is 0.816 bits per heavy atom. The van der Waals surface area contributed by atoms with Gasteiger partial charge < -0.3 is 21.3 Å². The summed E-state index contributed by atoms with van der Waals surface area (Å²) in [5.74, 6) is 23.6. The number of nitrogens with one attached hydrogen (secondary N) is 4. The van der Waals surface area contributed by atoms with E-state index in [9.17, 15) is 28.8 Å². The van der Waals surface area contributed by atoms with Crippen molar-refractivity contribution in [3.05, 3.63) is 176 Å². The first-order chi connectivity index (χ1) is 40.3. The number of carbonyl (C=O) groups is 6. The number of benzene rings is 4. The van der Waals surface area contributed by atoms with E-state index in [-0.39, 0.29) is 86.2 Å². The number of aromatic nitrogens is 2. The van der Waals surface area contributed by atoms with E-state index in [1.807, 2.05) is 84.9 Å². The van der Waals surface area contributed by atoms with E-state index in [1.165, 1.54) is 13.8 Å². The predicted octanol–water partition coefficient (Wildman–Crippen LogP) is 14.4. The molecule has 0 atom stereocenters. The molecule has 0 unspecified atom stereocenters. The Hall–Kier alpha value is -8.08. The molecule has 0 bridgehead atoms. The molecule has 2 heterocycles. The van der Waals surface area contributed by atoms with Gasteiger partial charge in [0.2, 0.25) is 23.6 Å². The first kappa shape index (κ1) is 71.4. The lowest BCUT2D eigenvalue weighted by Crippen LogP contribution is -2.17. The van der Waals surface area contributed by atoms with Gasteiger partial charge in [0.1, 0.15) is 34.5 Å². The van der Waals surface area contributed by atoms with E-state index in [0.717, 1.165) is 45.8 Å². The number of thioether (sulfide) groups is 2. The topological polar surface area (TPSA) is 176 Å². The standard InChI is InChI=1S/C37H39N3O4S2.C33H33Cl2N3O2.CH4/c1-24(41)45-22-34(43)39-32-18-14-28(36(3,4)5)20-26(32)12-16-30-10-9-11-31(38-30)17-13-27-21-29(37(6,7)8)15-19-33(27)40-35(44)23-46-25(2)42;1-32(2,3)24-12-16-28(37-30(39)20-34)22(18-24)10-14-26-8-7-9-27(36-26)15-11-23-19-25(33(4,5)6)13-17-29(23)38-31(40)21-35;/h9-11,14-15,18-21H,22-23H2,1-8H3,(H,39,43)(H,40,44);7-9,12-13,16-19H,20-21H2,1-6H3,(H,37,39)(H,38,40);1H4. The van der Waals surface area contributed by atoms with Crippen molar-refractivity contribution in [2.75, 3.05) is 44.5 Å². The number of alkyl halides is 2. The minimum atomic E-state index is -0.305. The molecule has 0 aliphatic rings. The van der Waals surface area contributed by atoms with Crippen LogP contribution >= 0.6 is 46.7 Å². The van der Waals surface area contributed by atoms with Crippen LogP contribution < -0.4 is 21.3 Å². The van der Waals surface area contributed by atoms with Gasteiger partial charge in [-0.15, -0.1) is 23.2 Å². The summed E-state index contributed by atoms with van der Waals surface area (Å²) in [6, 6.07) is 33.9. The maximum atomic E-state index is 12.5. The van der Waals surface area contributed by atoms with Crippen molar-refractivity contribution in [2.24, 2.45) is 0 Å². The molecule has 0 saturated carbocycles. The summed E-state index contributed by atoms with van der Waals surface area (Å²) in [6.07, 6.45) is 0. The van der Waals surface area contributed by atoms with Crippen molar-refractivity contribution in [1.82, 2.24) is 9.97 Å². The average Bonchev–Trinajstić information content (AvgIpc) is 3.44. The Kier molecular flexibility index (Phi) is 26.3. The van der Waals surface area contributed by atoms with Crippen molar-refractivity contribution in [2.45, 2.75) is 126 Å². The monoisotopic (exact) mass is 1240 g/mol. The summed E-state index contributed by atoms with van der Waals surface area (Å²) in [4.78, 5) is 80.7. The second-order valence-electron chi connectivity index (χ2n) is 23.9. The fourth-order valence-corrected chi connectivity index (χ4v) is 8.59. The Morgan fingerprint density at radius 2 is 0.609 bits per heavy atom. The molecule has 12 nitrogen and oxygen atoms in total. The molecule has 6 rings (SSSR count). The van der Waals surface area contributed by atoms with Gasteiger partial charge in [-0.1, -0.05) is 174 Å². The number of pyridine rings is 2. The number of carbonyl (C=O) groups excluding carboxylic acids is 6. The van der Waals surface area contributed by atoms with Gasteiger partial charge >= 0.3 is 0 Å². The molecule has 4 amide bonds. The molecule has 0 spiro atoms. The quantitative estimate of drug-likeness (QED) is 0.0763. The number of hydrogen-bond donors (Lipinski definition) is 4. The van der Waals surface area contributed by atoms with Gasteiger partial charge in [0.25, 0.3) is 0 Å². The van der Waals surface area contributed by atoms with Gasteiger partial charge in [-0.2, -0.15) is 0 Å². The third kappa shape index (κ3) is 23.6. The van der Waals surface area contributed by atoms with E-state index in [1.54, 1.807) is 24.3 Å². The molecule has 4 N–H and O–H groups in total. The molecule has 0 saturated heterocycles. The molecule has 6 aromatic rings. The van der Waals surface area contributed by atoms with Crippen LogP contribution in [-0.4, -0.2) is 67.1 Å². The number of nitrogens with zero attached hydrogens (tertiary/aromatic N) is 2. The molecular formula is C71H76Cl2N6O6S2. The van der Waals surface area contributed by atoms with Crippen molar-refractivity contribution >= 4 is 103 Å². The SMILES string of the molecule is C.CC(=O)SCC(=O)Nc1ccc(C(C)(C)C)cc1C#Cc1cccc(C#Cc2cc(C(C)(C)C)ccc2NC(=O)CSC(C)=O)n1.CC(C)(C)c1ccc(NC(=O)CCl)c(C#Cc2cccc(C#Cc3cc(C(C)(C)C)ccc3NC(=O)CCl)n2)c1. The number of amides is 4. The molecule has 0 aliphatic heterocycles. The normalized spacial score (nSPS) is 10.9. The summed E-state index contributed by atoms with van der Waals surface area (Å²) in [5, 5.41) is 11.1. The van der Waals surface area contributed by atoms with Gasteiger partial charge in [0, 0.05) is 36.1 Å². The minimum Gasteiger partial charge on any atom is -0.324 e. The molecule has 0 fully saturated rings. The Bertz CT molecular complexity index is 3580. The lowest BCUT2D eigenvalue weighted by Gasteiger charge is -2.20. The maximum Gasteiger partial charge on any atom is 0.239 e. The van der Waals surface area contributed by atoms with Crippen LogP contribution in [0.5, 0.6) is 0 Å². The lowest BCUT2D eigenvalue weighted by atomic mass is 9.86. The van der Waals surface area contributed by atoms with E-state index >= 15 is 0 Å². The zero-order chi connectivity index (χ0) is 63.6. The largest absolute Gasteiger partial charge is 0.324 e. The second-order valence-corrected chi connectivity index (χ2v) is 26.7. The van der Waals surface area contributed by atoms with Crippen molar-refractivity contribution in [3.63, 3.8) is 0 Å². The first-order valence-electron chi connectivity index (χ1n) is 27.5. The molecule has 0 radical (unpaired) electrons. The molecule has 4 aromatic carbocycles. The van der Waals surface area contributed by atoms with Gasteiger partial charge in [-0.05, 0) is 140 Å². The van der Waals surface area contributed by atoms with Crippen molar-refractivity contribution < 1.29 is 28.8 Å². The highest BCUT2D eigenvalue weighted by Crippen LogP contribution is 2.31. The molecule has 16 heteroatoms. The van der Waals surface area contributed by atoms with Crippen LogP contribution in [0.2, 0.25) is 0 Å². The summed E-state index contributed by atoms with van der Waals surface area (Å²) in [7, 11) is 0. The average molecular weight is 1240 g/mol. The van der Waals surface area contributed by atoms with Gasteiger partial charge in [-0.25, -0.2) is 9.97 Å². The van der Waals surface area contributed by atoms with E-state index in [0.29, 0.717) is 67.8 Å². The van der Waals surface area contributed by atoms with Crippen LogP contribution in [-0.2, 0) is 50.4 Å². The fourth-order valence-electron chi connectivity index (χ4n) is 7.64. The highest BCUT2D eigenvalue weighted by atomic mass is 35.5. The van der Waals surface area contributed by atoms with Crippen LogP contribution in [0, 0.1) is 47.4 Å². The third-order valence-electron chi connectivity index (χ3n) is 12.5. The second kappa shape index (κ2) is 32.1. The molecule has 2 aromatic heterocycles. The number of rotatable bonds is 10. The fraction of sp³-hybridized carbons (Fsp3) is 0.324. The number of halogens is 2. The predicted molar refractivity (Wildman–Crippen MR) is 362 cm³/mol. The number of anilines is 4. The highest BCUT2D eigenvalue weighted by Gasteiger charge is 2.20. The zero-order valence-electron chi connectivity index (χ0n) is 51.1. The van der Waals surface area contributed by atoms with E-state index in [2.05, 4.69) is 162 Å². The van der Waals surface area contributed by atoms with Crippen LogP contribution in [0.1, 0.15) is 172 Å². The molecule has 87 heavy (non-hydrogen) atoms. The Balaban J connectivity index is 0.000000372. The molecule has 452 valence electrons. The molecule has 0 aliphatic carbocycles. The van der Waals surface area contributed by atoms with Crippen LogP contribution in [0.4, 0.5) is 22.7 Å². The Morgan fingerprint density at radius 1 is 0.379 bits per heavy atom. The summed E-state index contributed by atoms with van der Waals surface area (Å²) in [5.41, 5.74) is 10.8. The summed E-state index contributed by atoms with van der Waals surface area (Å²) < 4.78 is 0. The number of hydrogen-bond acceptors (Lipinski definition) is 10. The minimum absolute atomic E-state index is 0. The van der Waals surface area contributed by atoms with Crippen LogP contribution in [0.3, 0.4) is 0 Å². The lowest BCUT2D eigenvalue weighted by molar-refractivity contribution is -0.114. The summed E-state index contributed by atoms with van der Waals surface area (Å²) in [6.45, 7) is 28.2. The third-order valence-corrected chi connectivity index (χ3v) is 14.6. The van der Waals surface area contributed by atoms with Crippen LogP contribution in [0.25, 0.3) is 0 Å². The maximum absolute atomic E-state index is 12.5. The smallest absolute Gasteiger partial charge is 0.239 e.